The number of rotatable bonds is 21. The number of nitrogens with one attached hydrogen (secondary N) is 3. The molecular weight excluding hydrogens is 1010 g/mol. The number of amides is 3. The minimum absolute atomic E-state index is 0.00143. The molecule has 14 nitrogen and oxygen atoms in total. The molecule has 9 rings (SSSR count). The van der Waals surface area contributed by atoms with Crippen molar-refractivity contribution in [3.05, 3.63) is 89.5 Å². The Bertz CT molecular complexity index is 2760. The van der Waals surface area contributed by atoms with Gasteiger partial charge in [0.05, 0.1) is 10.6 Å². The molecule has 3 aromatic rings. The van der Waals surface area contributed by atoms with Gasteiger partial charge in [0.25, 0.3) is 25.8 Å². The number of sulfone groups is 1. The van der Waals surface area contributed by atoms with Gasteiger partial charge in [-0.05, 0) is 129 Å². The Morgan fingerprint density at radius 2 is 1.47 bits per heavy atom. The summed E-state index contributed by atoms with van der Waals surface area (Å²) in [6, 6.07) is 17.6. The van der Waals surface area contributed by atoms with E-state index in [0.717, 1.165) is 61.9 Å². The van der Waals surface area contributed by atoms with Crippen molar-refractivity contribution >= 4 is 60.7 Å². The fourth-order valence-electron chi connectivity index (χ4n) is 11.8. The molecule has 3 amide bonds. The van der Waals surface area contributed by atoms with Crippen LogP contribution in [-0.2, 0) is 29.4 Å². The topological polar surface area (TPSA) is 169 Å². The highest BCUT2D eigenvalue weighted by molar-refractivity contribution is 7.99. The summed E-state index contributed by atoms with van der Waals surface area (Å²) >= 11 is 1.42. The van der Waals surface area contributed by atoms with Gasteiger partial charge >= 0.3 is 5.51 Å². The van der Waals surface area contributed by atoms with Crippen LogP contribution in [-0.4, -0.2) is 139 Å². The molecule has 0 spiro atoms. The van der Waals surface area contributed by atoms with Gasteiger partial charge < -0.3 is 20.4 Å². The number of halogens is 3. The predicted molar refractivity (Wildman–Crippen MR) is 283 cm³/mol. The summed E-state index contributed by atoms with van der Waals surface area (Å²) in [6.45, 7) is 16.1. The number of hydrogen-bond acceptors (Lipinski definition) is 12. The number of anilines is 2. The number of allylic oxidation sites excluding steroid dienone is 1. The molecule has 5 fully saturated rings. The number of benzene rings is 3. The van der Waals surface area contributed by atoms with E-state index in [1.807, 2.05) is 35.1 Å². The third-order valence-electron chi connectivity index (χ3n) is 15.8. The van der Waals surface area contributed by atoms with Gasteiger partial charge in [0.15, 0.2) is 0 Å². The molecule has 3 aromatic carbocycles. The van der Waals surface area contributed by atoms with E-state index in [-0.39, 0.29) is 17.4 Å². The van der Waals surface area contributed by atoms with E-state index in [4.69, 9.17) is 0 Å². The number of sulfonamides is 1. The largest absolute Gasteiger partial charge is 0.501 e. The van der Waals surface area contributed by atoms with Crippen molar-refractivity contribution < 1.29 is 44.4 Å². The second-order valence-corrected chi connectivity index (χ2v) is 27.0. The molecule has 1 atom stereocenters. The highest BCUT2D eigenvalue weighted by Crippen LogP contribution is 2.77. The molecule has 0 aromatic heterocycles. The second-order valence-electron chi connectivity index (χ2n) is 22.3. The van der Waals surface area contributed by atoms with Crippen LogP contribution in [0.5, 0.6) is 0 Å². The molecule has 2 bridgehead atoms. The van der Waals surface area contributed by atoms with E-state index in [0.29, 0.717) is 93.0 Å². The molecule has 404 valence electrons. The van der Waals surface area contributed by atoms with E-state index in [2.05, 4.69) is 46.1 Å². The van der Waals surface area contributed by atoms with Crippen LogP contribution >= 0.6 is 11.8 Å². The number of alkyl halides is 3. The molecule has 0 unspecified atom stereocenters. The van der Waals surface area contributed by atoms with Crippen molar-refractivity contribution in [2.24, 2.45) is 16.2 Å². The van der Waals surface area contributed by atoms with Crippen LogP contribution in [0, 0.1) is 16.2 Å². The molecule has 3 saturated carbocycles. The first-order valence-electron chi connectivity index (χ1n) is 25.9. The average molecular weight is 1080 g/mol. The zero-order chi connectivity index (χ0) is 53.1. The summed E-state index contributed by atoms with van der Waals surface area (Å²) in [5.74, 6) is -0.803. The molecule has 4 aliphatic carbocycles. The maximum absolute atomic E-state index is 14.4. The zero-order valence-corrected chi connectivity index (χ0v) is 45.5. The van der Waals surface area contributed by atoms with E-state index < -0.39 is 52.8 Å². The zero-order valence-electron chi connectivity index (χ0n) is 43.1. The first-order valence-corrected chi connectivity index (χ1v) is 29.9. The monoisotopic (exact) mass is 1080 g/mol. The van der Waals surface area contributed by atoms with Crippen LogP contribution < -0.4 is 20.3 Å². The summed E-state index contributed by atoms with van der Waals surface area (Å²) in [5, 5.41) is 5.73. The quantitative estimate of drug-likeness (QED) is 0.0531. The van der Waals surface area contributed by atoms with Crippen LogP contribution in [0.25, 0.3) is 0 Å². The van der Waals surface area contributed by atoms with Crippen LogP contribution in [0.1, 0.15) is 102 Å². The normalized spacial score (nSPS) is 22.9. The van der Waals surface area contributed by atoms with Gasteiger partial charge in [0, 0.05) is 113 Å². The van der Waals surface area contributed by atoms with Crippen LogP contribution in [0.2, 0.25) is 0 Å². The van der Waals surface area contributed by atoms with Gasteiger partial charge in [-0.25, -0.2) is 21.6 Å². The number of nitrogens with zero attached hydrogens (tertiary/aromatic N) is 4. The van der Waals surface area contributed by atoms with Gasteiger partial charge in [-0.3, -0.25) is 24.2 Å². The Morgan fingerprint density at radius 3 is 2.11 bits per heavy atom. The second kappa shape index (κ2) is 22.5. The lowest BCUT2D eigenvalue weighted by Crippen LogP contribution is -2.61. The van der Waals surface area contributed by atoms with Crippen LogP contribution in [0.3, 0.4) is 0 Å². The summed E-state index contributed by atoms with van der Waals surface area (Å²) in [6.07, 6.45) is 9.61. The van der Waals surface area contributed by atoms with E-state index in [9.17, 15) is 44.4 Å². The molecule has 0 radical (unpaired) electrons. The minimum Gasteiger partial charge on any atom is -0.380 e. The first kappa shape index (κ1) is 55.6. The summed E-state index contributed by atoms with van der Waals surface area (Å²) < 4.78 is 98.9. The molecule has 2 saturated heterocycles. The molecule has 74 heavy (non-hydrogen) atoms. The number of carbonyl (C=O) groups excluding carboxylic acids is 3. The van der Waals surface area contributed by atoms with Gasteiger partial charge in [0.1, 0.15) is 4.90 Å². The number of carbonyl (C=O) groups is 3. The molecule has 20 heteroatoms. The maximum atomic E-state index is 14.4. The molecule has 6 aliphatic rings. The highest BCUT2D eigenvalue weighted by Gasteiger charge is 2.67. The van der Waals surface area contributed by atoms with Crippen molar-refractivity contribution in [2.75, 3.05) is 88.0 Å². The summed E-state index contributed by atoms with van der Waals surface area (Å²) in [7, 11) is -11.0. The standard InChI is InChI=1S/C54H72F3N7O7S3/c1-39(65)58-22-9-8-12-49(66)64-30-24-61(25-31-64)23-20-42(35-72-44-10-6-5-7-11-44)59-47-18-17-45(32-48(47)73(68,69)54(55,56)57)74(70,71)60-50(67)40-13-15-43(16-14-40)63-28-26-62(27-29-63)34-41-19-21-51(2,3)33-46(41)53-36-52(4,37-53)38-53/h5-7,10-11,13-18,32,42,59H,8-9,12,19-31,33-38H2,1-4H3,(H,58,65)(H,60,67)/t42-,52?,53?/m1/s1. The average Bonchev–Trinajstić information content (AvgIpc) is 3.34. The number of thioether (sulfide) groups is 1. The minimum atomic E-state index is -6.11. The Kier molecular flexibility index (Phi) is 16.9. The fraction of sp³-hybridized carbons (Fsp3) is 0.574. The fourth-order valence-corrected chi connectivity index (χ4v) is 14.8. The van der Waals surface area contributed by atoms with Crippen molar-refractivity contribution in [2.45, 2.75) is 118 Å². The van der Waals surface area contributed by atoms with Gasteiger partial charge in [-0.15, -0.1) is 11.8 Å². The molecule has 2 heterocycles. The third-order valence-corrected chi connectivity index (χ3v) is 19.8. The predicted octanol–water partition coefficient (Wildman–Crippen LogP) is 8.33. The Hall–Kier alpha value is -4.63. The lowest BCUT2D eigenvalue weighted by Gasteiger charge is -2.72. The van der Waals surface area contributed by atoms with Gasteiger partial charge in [-0.2, -0.15) is 13.2 Å². The third kappa shape index (κ3) is 13.3. The summed E-state index contributed by atoms with van der Waals surface area (Å²) in [5.41, 5.74) is -0.628. The van der Waals surface area contributed by atoms with Gasteiger partial charge in [0.2, 0.25) is 11.8 Å². The van der Waals surface area contributed by atoms with Crippen molar-refractivity contribution in [3.8, 4) is 0 Å². The molecule has 2 aliphatic heterocycles. The Balaban J connectivity index is 0.894. The summed E-state index contributed by atoms with van der Waals surface area (Å²) in [4.78, 5) is 44.9. The Labute approximate surface area is 439 Å². The lowest BCUT2D eigenvalue weighted by atomic mass is 9.33. The number of unbranched alkanes of at least 4 members (excludes halogenated alkanes) is 1. The van der Waals surface area contributed by atoms with Gasteiger partial charge in [-0.1, -0.05) is 50.1 Å². The smallest absolute Gasteiger partial charge is 0.380 e. The van der Waals surface area contributed by atoms with Crippen molar-refractivity contribution in [3.63, 3.8) is 0 Å². The Morgan fingerprint density at radius 1 is 0.811 bits per heavy atom. The van der Waals surface area contributed by atoms with Crippen LogP contribution in [0.15, 0.2) is 98.6 Å². The van der Waals surface area contributed by atoms with Crippen molar-refractivity contribution in [1.29, 1.82) is 0 Å². The number of hydrogen-bond donors (Lipinski definition) is 3. The lowest BCUT2D eigenvalue weighted by molar-refractivity contribution is -0.167. The van der Waals surface area contributed by atoms with E-state index in [1.165, 1.54) is 62.9 Å². The molecule has 3 N–H and O–H groups in total. The van der Waals surface area contributed by atoms with E-state index in [1.54, 1.807) is 28.2 Å². The maximum Gasteiger partial charge on any atom is 0.501 e. The molecular formula is C54H72F3N7O7S3. The van der Waals surface area contributed by atoms with Crippen LogP contribution in [0.4, 0.5) is 24.5 Å². The SMILES string of the molecule is CC(=O)NCCCCC(=O)N1CCN(CC[C@H](CSc2ccccc2)Nc2ccc(S(=O)(=O)NC(=O)c3ccc(N4CCN(CC5=C(C67CC(C)(C6)C7)CC(C)(C)CC5)CC4)cc3)cc2S(=O)(=O)C(F)(F)F)CC1. The highest BCUT2D eigenvalue weighted by atomic mass is 32.2. The number of piperazine rings is 2. The van der Waals surface area contributed by atoms with E-state index >= 15 is 0 Å². The first-order chi connectivity index (χ1) is 34.9. The van der Waals surface area contributed by atoms with Crippen molar-refractivity contribution in [1.82, 2.24) is 24.7 Å².